The van der Waals surface area contributed by atoms with Gasteiger partial charge in [0, 0.05) is 42.7 Å². The highest BCUT2D eigenvalue weighted by Gasteiger charge is 2.27. The van der Waals surface area contributed by atoms with Gasteiger partial charge in [-0.05, 0) is 29.7 Å². The molecule has 3 aromatic rings. The van der Waals surface area contributed by atoms with E-state index in [1.165, 1.54) is 42.0 Å². The number of hydrogen-bond acceptors (Lipinski definition) is 8. The van der Waals surface area contributed by atoms with Crippen LogP contribution in [0.15, 0.2) is 54.2 Å². The SMILES string of the molecule is COC(=O)NC(Cc1ccncc1)C(=O)N[C@@H](Cc1ccc([N+](=O)[O-])cc1)c1csc(CC(F)C(F)F)n1. The molecule has 0 aliphatic heterocycles. The summed E-state index contributed by atoms with van der Waals surface area (Å²) in [5, 5.41) is 17.9. The van der Waals surface area contributed by atoms with Crippen LogP contribution in [0.5, 0.6) is 0 Å². The molecule has 3 rings (SSSR count). The highest BCUT2D eigenvalue weighted by atomic mass is 32.1. The number of nitro groups is 1. The average Bonchev–Trinajstić information content (AvgIpc) is 3.37. The lowest BCUT2D eigenvalue weighted by molar-refractivity contribution is -0.384. The van der Waals surface area contributed by atoms with Crippen molar-refractivity contribution in [3.63, 3.8) is 0 Å². The first-order chi connectivity index (χ1) is 18.2. The van der Waals surface area contributed by atoms with Crippen molar-refractivity contribution in [2.75, 3.05) is 7.11 Å². The van der Waals surface area contributed by atoms with E-state index in [9.17, 15) is 32.9 Å². The first kappa shape index (κ1) is 28.5. The summed E-state index contributed by atoms with van der Waals surface area (Å²) in [4.78, 5) is 43.9. The van der Waals surface area contributed by atoms with Crippen molar-refractivity contribution >= 4 is 29.0 Å². The van der Waals surface area contributed by atoms with Crippen LogP contribution < -0.4 is 10.6 Å². The van der Waals surface area contributed by atoms with E-state index in [2.05, 4.69) is 25.3 Å². The van der Waals surface area contributed by atoms with Crippen LogP contribution in [0, 0.1) is 10.1 Å². The Hall–Kier alpha value is -4.07. The first-order valence-electron chi connectivity index (χ1n) is 11.3. The smallest absolute Gasteiger partial charge is 0.407 e. The predicted octanol–water partition coefficient (Wildman–Crippen LogP) is 3.96. The number of nitrogens with one attached hydrogen (secondary N) is 2. The number of pyridine rings is 1. The summed E-state index contributed by atoms with van der Waals surface area (Å²) in [6, 6.07) is 7.12. The molecule has 202 valence electrons. The third kappa shape index (κ3) is 8.23. The van der Waals surface area contributed by atoms with E-state index in [1.54, 1.807) is 12.1 Å². The molecule has 0 spiro atoms. The fourth-order valence-electron chi connectivity index (χ4n) is 3.49. The van der Waals surface area contributed by atoms with E-state index in [4.69, 9.17) is 0 Å². The summed E-state index contributed by atoms with van der Waals surface area (Å²) >= 11 is 0.971. The van der Waals surface area contributed by atoms with E-state index >= 15 is 0 Å². The predicted molar refractivity (Wildman–Crippen MR) is 132 cm³/mol. The van der Waals surface area contributed by atoms with Crippen molar-refractivity contribution in [1.82, 2.24) is 20.6 Å². The van der Waals surface area contributed by atoms with Gasteiger partial charge in [0.15, 0.2) is 6.17 Å². The summed E-state index contributed by atoms with van der Waals surface area (Å²) in [5.74, 6) is -0.593. The Morgan fingerprint density at radius 3 is 2.29 bits per heavy atom. The normalized spacial score (nSPS) is 13.4. The molecule has 10 nitrogen and oxygen atoms in total. The Kier molecular flexibility index (Phi) is 10.1. The van der Waals surface area contributed by atoms with Gasteiger partial charge in [0.2, 0.25) is 5.91 Å². The molecule has 0 saturated carbocycles. The van der Waals surface area contributed by atoms with Crippen molar-refractivity contribution in [3.8, 4) is 0 Å². The van der Waals surface area contributed by atoms with Gasteiger partial charge in [0.25, 0.3) is 12.1 Å². The third-order valence-electron chi connectivity index (χ3n) is 5.46. The number of hydrogen-bond donors (Lipinski definition) is 2. The molecule has 1 aromatic carbocycles. The molecule has 0 aliphatic carbocycles. The molecule has 2 aromatic heterocycles. The number of nitrogens with zero attached hydrogens (tertiary/aromatic N) is 3. The van der Waals surface area contributed by atoms with E-state index in [0.717, 1.165) is 18.4 Å². The maximum Gasteiger partial charge on any atom is 0.407 e. The number of rotatable bonds is 12. The van der Waals surface area contributed by atoms with Gasteiger partial charge in [0.1, 0.15) is 6.04 Å². The summed E-state index contributed by atoms with van der Waals surface area (Å²) in [7, 11) is 1.16. The van der Waals surface area contributed by atoms with Crippen molar-refractivity contribution in [2.45, 2.75) is 43.9 Å². The Balaban J connectivity index is 1.86. The fraction of sp³-hybridized carbons (Fsp3) is 0.333. The lowest BCUT2D eigenvalue weighted by atomic mass is 10.0. The fourth-order valence-corrected chi connectivity index (χ4v) is 4.38. The number of alkyl halides is 3. The minimum Gasteiger partial charge on any atom is -0.453 e. The Bertz CT molecular complexity index is 1230. The standard InChI is InChI=1S/C24H24F3N5O5S/c1-37-24(34)31-19(11-15-6-8-28-9-7-15)23(33)30-18(10-14-2-4-16(5-3-14)32(35)36)20-13-38-21(29-20)12-17(25)22(26)27/h2-9,13,17-19,22H,10-12H2,1H3,(H,30,33)(H,31,34)/t17?,18-,19?/m0/s1. The van der Waals surface area contributed by atoms with Gasteiger partial charge in [-0.15, -0.1) is 11.3 Å². The van der Waals surface area contributed by atoms with E-state index in [1.807, 2.05) is 0 Å². The number of carbonyl (C=O) groups excluding carboxylic acids is 2. The summed E-state index contributed by atoms with van der Waals surface area (Å²) in [6.07, 6.45) is -3.66. The molecular formula is C24H24F3N5O5S. The van der Waals surface area contributed by atoms with Crippen molar-refractivity contribution in [2.24, 2.45) is 0 Å². The number of methoxy groups -OCH3 is 1. The summed E-state index contributed by atoms with van der Waals surface area (Å²) < 4.78 is 43.6. The van der Waals surface area contributed by atoms with Crippen LogP contribution in [0.4, 0.5) is 23.7 Å². The monoisotopic (exact) mass is 551 g/mol. The molecule has 38 heavy (non-hydrogen) atoms. The number of amides is 2. The Morgan fingerprint density at radius 1 is 1.03 bits per heavy atom. The second-order valence-corrected chi connectivity index (χ2v) is 9.10. The molecule has 3 atom stereocenters. The molecule has 14 heteroatoms. The molecule has 2 heterocycles. The average molecular weight is 552 g/mol. The molecular weight excluding hydrogens is 527 g/mol. The van der Waals surface area contributed by atoms with Gasteiger partial charge in [-0.3, -0.25) is 19.9 Å². The number of carbonyl (C=O) groups is 2. The van der Waals surface area contributed by atoms with Gasteiger partial charge in [-0.25, -0.2) is 22.9 Å². The first-order valence-corrected chi connectivity index (χ1v) is 12.2. The van der Waals surface area contributed by atoms with Crippen LogP contribution in [0.25, 0.3) is 0 Å². The van der Waals surface area contributed by atoms with E-state index in [-0.39, 0.29) is 23.5 Å². The zero-order valence-electron chi connectivity index (χ0n) is 20.1. The van der Waals surface area contributed by atoms with E-state index in [0.29, 0.717) is 16.8 Å². The Labute approximate surface area is 219 Å². The molecule has 0 saturated heterocycles. The number of alkyl carbamates (subject to hydrolysis) is 1. The van der Waals surface area contributed by atoms with Crippen LogP contribution in [-0.2, 0) is 28.8 Å². The number of aromatic nitrogens is 2. The zero-order chi connectivity index (χ0) is 27.7. The largest absolute Gasteiger partial charge is 0.453 e. The van der Waals surface area contributed by atoms with Crippen LogP contribution in [-0.4, -0.2) is 52.6 Å². The van der Waals surface area contributed by atoms with Crippen molar-refractivity contribution in [1.29, 1.82) is 0 Å². The van der Waals surface area contributed by atoms with Crippen LogP contribution >= 0.6 is 11.3 Å². The van der Waals surface area contributed by atoms with Gasteiger partial charge < -0.3 is 15.4 Å². The molecule has 0 bridgehead atoms. The number of non-ortho nitro benzene ring substituents is 1. The quantitative estimate of drug-likeness (QED) is 0.257. The number of benzene rings is 1. The van der Waals surface area contributed by atoms with Gasteiger partial charge in [-0.2, -0.15) is 0 Å². The topological polar surface area (TPSA) is 136 Å². The third-order valence-corrected chi connectivity index (χ3v) is 6.35. The van der Waals surface area contributed by atoms with Crippen LogP contribution in [0.1, 0.15) is 27.9 Å². The minimum absolute atomic E-state index is 0.105. The summed E-state index contributed by atoms with van der Waals surface area (Å²) in [5.41, 5.74) is 1.49. The second kappa shape index (κ2) is 13.5. The van der Waals surface area contributed by atoms with Crippen LogP contribution in [0.3, 0.4) is 0 Å². The second-order valence-electron chi connectivity index (χ2n) is 8.16. The number of nitro benzene ring substituents is 1. The van der Waals surface area contributed by atoms with Gasteiger partial charge >= 0.3 is 6.09 Å². The molecule has 2 N–H and O–H groups in total. The zero-order valence-corrected chi connectivity index (χ0v) is 20.9. The molecule has 2 amide bonds. The minimum atomic E-state index is -3.16. The molecule has 0 radical (unpaired) electrons. The molecule has 2 unspecified atom stereocenters. The maximum atomic E-state index is 13.6. The molecule has 0 fully saturated rings. The van der Waals surface area contributed by atoms with Crippen molar-refractivity contribution in [3.05, 3.63) is 86.1 Å². The Morgan fingerprint density at radius 2 is 1.68 bits per heavy atom. The highest BCUT2D eigenvalue weighted by molar-refractivity contribution is 7.09. The molecule has 0 aliphatic rings. The lowest BCUT2D eigenvalue weighted by Gasteiger charge is -2.22. The number of ether oxygens (including phenoxy) is 1. The summed E-state index contributed by atoms with van der Waals surface area (Å²) in [6.45, 7) is 0. The lowest BCUT2D eigenvalue weighted by Crippen LogP contribution is -2.49. The van der Waals surface area contributed by atoms with E-state index < -0.39 is 48.0 Å². The highest BCUT2D eigenvalue weighted by Crippen LogP contribution is 2.24. The van der Waals surface area contributed by atoms with Crippen molar-refractivity contribution < 1.29 is 32.4 Å². The number of halogens is 3. The number of thiazole rings is 1. The maximum absolute atomic E-state index is 13.6. The van der Waals surface area contributed by atoms with Gasteiger partial charge in [-0.1, -0.05) is 12.1 Å². The van der Waals surface area contributed by atoms with Gasteiger partial charge in [0.05, 0.1) is 28.8 Å². The van der Waals surface area contributed by atoms with Crippen LogP contribution in [0.2, 0.25) is 0 Å².